The van der Waals surface area contributed by atoms with Crippen LogP contribution in [0.3, 0.4) is 0 Å². The van der Waals surface area contributed by atoms with Crippen LogP contribution in [0.15, 0.2) is 46.9 Å². The van der Waals surface area contributed by atoms with Crippen molar-refractivity contribution in [3.63, 3.8) is 0 Å². The number of aliphatic hydroxyl groups excluding tert-OH is 1. The van der Waals surface area contributed by atoms with Crippen molar-refractivity contribution in [3.8, 4) is 0 Å². The summed E-state index contributed by atoms with van der Waals surface area (Å²) < 4.78 is 1.10. The molecule has 0 aliphatic rings. The van der Waals surface area contributed by atoms with E-state index in [1.165, 1.54) is 22.4 Å². The third-order valence-electron chi connectivity index (χ3n) is 3.34. The molecule has 0 saturated carbocycles. The summed E-state index contributed by atoms with van der Waals surface area (Å²) in [6, 6.07) is 14.7. The molecule has 0 aliphatic carbocycles. The molecule has 3 heteroatoms. The fourth-order valence-corrected chi connectivity index (χ4v) is 2.80. The van der Waals surface area contributed by atoms with E-state index in [0.29, 0.717) is 6.42 Å². The molecule has 0 saturated heterocycles. The third kappa shape index (κ3) is 3.84. The molecule has 2 aromatic rings. The average molecular weight is 334 g/mol. The van der Waals surface area contributed by atoms with Crippen molar-refractivity contribution < 1.29 is 5.11 Å². The predicted octanol–water partition coefficient (Wildman–Crippen LogP) is 3.93. The number of hydrogen-bond acceptors (Lipinski definition) is 2. The molecule has 0 spiro atoms. The van der Waals surface area contributed by atoms with Gasteiger partial charge in [0.05, 0.1) is 0 Å². The van der Waals surface area contributed by atoms with E-state index in [2.05, 4.69) is 71.2 Å². The van der Waals surface area contributed by atoms with Crippen LogP contribution in [0.4, 0.5) is 5.69 Å². The Kier molecular flexibility index (Phi) is 5.21. The molecule has 106 valence electrons. The standard InChI is InChI=1S/C17H20BrNO/c1-13-6-7-15(8-9-20)17(10-13)19(2)12-14-4-3-5-16(18)11-14/h3-7,10-11,20H,8-9,12H2,1-2H3. The monoisotopic (exact) mass is 333 g/mol. The largest absolute Gasteiger partial charge is 0.396 e. The summed E-state index contributed by atoms with van der Waals surface area (Å²) in [6.07, 6.45) is 0.693. The Morgan fingerprint density at radius 2 is 1.95 bits per heavy atom. The zero-order chi connectivity index (χ0) is 14.5. The maximum absolute atomic E-state index is 9.20. The van der Waals surface area contributed by atoms with Crippen molar-refractivity contribution in [1.82, 2.24) is 0 Å². The van der Waals surface area contributed by atoms with Gasteiger partial charge in [-0.3, -0.25) is 0 Å². The predicted molar refractivity (Wildman–Crippen MR) is 88.2 cm³/mol. The van der Waals surface area contributed by atoms with Crippen molar-refractivity contribution in [2.24, 2.45) is 0 Å². The van der Waals surface area contributed by atoms with Crippen LogP contribution < -0.4 is 4.90 Å². The van der Waals surface area contributed by atoms with E-state index in [4.69, 9.17) is 0 Å². The van der Waals surface area contributed by atoms with Gasteiger partial charge >= 0.3 is 0 Å². The highest BCUT2D eigenvalue weighted by Gasteiger charge is 2.08. The molecule has 0 heterocycles. The number of nitrogens with zero attached hydrogens (tertiary/aromatic N) is 1. The summed E-state index contributed by atoms with van der Waals surface area (Å²) in [5.74, 6) is 0. The summed E-state index contributed by atoms with van der Waals surface area (Å²) in [5, 5.41) is 9.20. The van der Waals surface area contributed by atoms with E-state index in [1.54, 1.807) is 0 Å². The molecule has 1 N–H and O–H groups in total. The summed E-state index contributed by atoms with van der Waals surface area (Å²) in [4.78, 5) is 2.24. The molecule has 2 nitrogen and oxygen atoms in total. The summed E-state index contributed by atoms with van der Waals surface area (Å²) >= 11 is 3.51. The number of aliphatic hydroxyl groups is 1. The Labute approximate surface area is 129 Å². The zero-order valence-electron chi connectivity index (χ0n) is 11.9. The highest BCUT2D eigenvalue weighted by atomic mass is 79.9. The lowest BCUT2D eigenvalue weighted by Gasteiger charge is -2.23. The summed E-state index contributed by atoms with van der Waals surface area (Å²) in [6.45, 7) is 3.13. The van der Waals surface area contributed by atoms with Gasteiger partial charge in [0, 0.05) is 30.4 Å². The van der Waals surface area contributed by atoms with Gasteiger partial charge in [0.1, 0.15) is 0 Å². The molecule has 0 bridgehead atoms. The minimum Gasteiger partial charge on any atom is -0.396 e. The lowest BCUT2D eigenvalue weighted by molar-refractivity contribution is 0.299. The lowest BCUT2D eigenvalue weighted by Crippen LogP contribution is -2.18. The van der Waals surface area contributed by atoms with E-state index in [9.17, 15) is 5.11 Å². The van der Waals surface area contributed by atoms with Crippen LogP contribution in [0.1, 0.15) is 16.7 Å². The van der Waals surface area contributed by atoms with Gasteiger partial charge in [-0.1, -0.05) is 40.2 Å². The minimum absolute atomic E-state index is 0.181. The first-order valence-corrected chi connectivity index (χ1v) is 7.55. The van der Waals surface area contributed by atoms with Crippen LogP contribution in [0.2, 0.25) is 0 Å². The highest BCUT2D eigenvalue weighted by molar-refractivity contribution is 9.10. The number of aryl methyl sites for hydroxylation is 1. The number of anilines is 1. The zero-order valence-corrected chi connectivity index (χ0v) is 13.5. The summed E-state index contributed by atoms with van der Waals surface area (Å²) in [5.41, 5.74) is 4.88. The molecule has 0 radical (unpaired) electrons. The molecule has 2 aromatic carbocycles. The normalized spacial score (nSPS) is 10.6. The van der Waals surface area contributed by atoms with Crippen LogP contribution in [0.25, 0.3) is 0 Å². The van der Waals surface area contributed by atoms with Gasteiger partial charge in [-0.05, 0) is 48.2 Å². The SMILES string of the molecule is Cc1ccc(CCO)c(N(C)Cc2cccc(Br)c2)c1. The number of rotatable bonds is 5. The van der Waals surface area contributed by atoms with Crippen LogP contribution in [0, 0.1) is 6.92 Å². The van der Waals surface area contributed by atoms with Crippen LogP contribution in [-0.2, 0) is 13.0 Å². The second kappa shape index (κ2) is 6.91. The van der Waals surface area contributed by atoms with Gasteiger partial charge in [0.15, 0.2) is 0 Å². The quantitative estimate of drug-likeness (QED) is 0.896. The third-order valence-corrected chi connectivity index (χ3v) is 3.84. The van der Waals surface area contributed by atoms with Gasteiger partial charge in [-0.25, -0.2) is 0 Å². The average Bonchev–Trinajstić information content (AvgIpc) is 2.41. The Balaban J connectivity index is 2.23. The van der Waals surface area contributed by atoms with Crippen molar-refractivity contribution >= 4 is 21.6 Å². The second-order valence-corrected chi connectivity index (χ2v) is 6.01. The molecule has 2 rings (SSSR count). The Morgan fingerprint density at radius 3 is 2.65 bits per heavy atom. The molecular formula is C17H20BrNO. The van der Waals surface area contributed by atoms with E-state index >= 15 is 0 Å². The Morgan fingerprint density at radius 1 is 1.15 bits per heavy atom. The lowest BCUT2D eigenvalue weighted by atomic mass is 10.1. The van der Waals surface area contributed by atoms with E-state index in [1.807, 2.05) is 6.07 Å². The molecule has 0 amide bonds. The van der Waals surface area contributed by atoms with Crippen LogP contribution >= 0.6 is 15.9 Å². The van der Waals surface area contributed by atoms with E-state index in [-0.39, 0.29) is 6.61 Å². The molecule has 0 aliphatic heterocycles. The van der Waals surface area contributed by atoms with Crippen molar-refractivity contribution in [3.05, 3.63) is 63.6 Å². The van der Waals surface area contributed by atoms with Crippen molar-refractivity contribution in [2.45, 2.75) is 19.9 Å². The van der Waals surface area contributed by atoms with Gasteiger partial charge in [0.2, 0.25) is 0 Å². The topological polar surface area (TPSA) is 23.5 Å². The number of halogens is 1. The first-order chi connectivity index (χ1) is 9.60. The fourth-order valence-electron chi connectivity index (χ4n) is 2.36. The van der Waals surface area contributed by atoms with Gasteiger partial charge in [-0.15, -0.1) is 0 Å². The Bertz CT molecular complexity index is 583. The van der Waals surface area contributed by atoms with Crippen molar-refractivity contribution in [1.29, 1.82) is 0 Å². The molecule has 0 unspecified atom stereocenters. The molecular weight excluding hydrogens is 314 g/mol. The van der Waals surface area contributed by atoms with Crippen LogP contribution in [-0.4, -0.2) is 18.8 Å². The second-order valence-electron chi connectivity index (χ2n) is 5.09. The summed E-state index contributed by atoms with van der Waals surface area (Å²) in [7, 11) is 2.09. The smallest absolute Gasteiger partial charge is 0.0472 e. The maximum atomic E-state index is 9.20. The fraction of sp³-hybridized carbons (Fsp3) is 0.294. The first kappa shape index (κ1) is 15.1. The van der Waals surface area contributed by atoms with Gasteiger partial charge < -0.3 is 10.0 Å². The highest BCUT2D eigenvalue weighted by Crippen LogP contribution is 2.24. The minimum atomic E-state index is 0.181. The molecule has 20 heavy (non-hydrogen) atoms. The van der Waals surface area contributed by atoms with Gasteiger partial charge in [-0.2, -0.15) is 0 Å². The van der Waals surface area contributed by atoms with E-state index in [0.717, 1.165) is 11.0 Å². The molecule has 0 fully saturated rings. The van der Waals surface area contributed by atoms with Gasteiger partial charge in [0.25, 0.3) is 0 Å². The maximum Gasteiger partial charge on any atom is 0.0472 e. The molecule has 0 atom stereocenters. The van der Waals surface area contributed by atoms with Crippen LogP contribution in [0.5, 0.6) is 0 Å². The molecule has 0 aromatic heterocycles. The first-order valence-electron chi connectivity index (χ1n) is 6.76. The van der Waals surface area contributed by atoms with E-state index < -0.39 is 0 Å². The number of hydrogen-bond donors (Lipinski definition) is 1. The van der Waals surface area contributed by atoms with Crippen molar-refractivity contribution in [2.75, 3.05) is 18.6 Å². The number of benzene rings is 2. The Hall–Kier alpha value is -1.32.